The van der Waals surface area contributed by atoms with Gasteiger partial charge in [-0.1, -0.05) is 111 Å². The van der Waals surface area contributed by atoms with Gasteiger partial charge in [0, 0.05) is 10.3 Å². The van der Waals surface area contributed by atoms with Crippen LogP contribution in [0, 0.1) is 0 Å². The molecule has 0 fully saturated rings. The second-order valence-corrected chi connectivity index (χ2v) is 15.6. The predicted octanol–water partition coefficient (Wildman–Crippen LogP) is 8.49. The highest BCUT2D eigenvalue weighted by Gasteiger charge is 2.54. The summed E-state index contributed by atoms with van der Waals surface area (Å²) in [5.41, 5.74) is 3.54. The molecule has 164 valence electrons. The van der Waals surface area contributed by atoms with Crippen LogP contribution in [0.3, 0.4) is 0 Å². The molecule has 1 aromatic carbocycles. The second kappa shape index (κ2) is 8.13. The normalized spacial score (nSPS) is 16.6. The van der Waals surface area contributed by atoms with Crippen LogP contribution in [0.5, 0.6) is 0 Å². The molecule has 1 aliphatic rings. The van der Waals surface area contributed by atoms with Gasteiger partial charge in [-0.25, -0.2) is 0 Å². The molecule has 3 nitrogen and oxygen atoms in total. The first kappa shape index (κ1) is 24.6. The quantitative estimate of drug-likeness (QED) is 0.333. The van der Waals surface area contributed by atoms with Crippen molar-refractivity contribution in [1.29, 1.82) is 0 Å². The molecule has 2 rings (SSSR count). The molecule has 0 atom stereocenters. The van der Waals surface area contributed by atoms with E-state index in [-0.39, 0.29) is 0 Å². The fourth-order valence-corrected chi connectivity index (χ4v) is 9.29. The first-order valence-corrected chi connectivity index (χ1v) is 12.8. The lowest BCUT2D eigenvalue weighted by Gasteiger charge is -2.47. The van der Waals surface area contributed by atoms with Crippen LogP contribution in [0.4, 0.5) is 5.69 Å². The van der Waals surface area contributed by atoms with Crippen molar-refractivity contribution in [3.05, 3.63) is 39.6 Å². The zero-order valence-electron chi connectivity index (χ0n) is 19.6. The summed E-state index contributed by atoms with van der Waals surface area (Å²) in [7, 11) is -2.95. The van der Waals surface area contributed by atoms with Crippen LogP contribution in [0.15, 0.2) is 28.5 Å². The van der Waals surface area contributed by atoms with Gasteiger partial charge in [-0.05, 0) is 23.0 Å². The highest BCUT2D eigenvalue weighted by Crippen LogP contribution is 2.71. The molecule has 1 aromatic rings. The van der Waals surface area contributed by atoms with Gasteiger partial charge in [0.15, 0.2) is 7.29 Å². The van der Waals surface area contributed by atoms with E-state index in [0.29, 0.717) is 28.8 Å². The number of hydrogen-bond donors (Lipinski definition) is 0. The molecule has 0 unspecified atom stereocenters. The van der Waals surface area contributed by atoms with Crippen LogP contribution in [-0.2, 0) is 4.57 Å². The lowest BCUT2D eigenvalue weighted by molar-refractivity contribution is 0.444. The van der Waals surface area contributed by atoms with E-state index in [2.05, 4.69) is 50.8 Å². The second-order valence-electron chi connectivity index (χ2n) is 10.6. The molecule has 0 bridgehead atoms. The van der Waals surface area contributed by atoms with Crippen molar-refractivity contribution in [3.8, 4) is 0 Å². The summed E-state index contributed by atoms with van der Waals surface area (Å²) in [5.74, 6) is 0.663. The van der Waals surface area contributed by atoms with Crippen LogP contribution in [0.1, 0.15) is 92.2 Å². The lowest BCUT2D eigenvalue weighted by atomic mass is 9.92. The Balaban J connectivity index is 2.71. The van der Waals surface area contributed by atoms with E-state index >= 15 is 0 Å². The molecule has 0 spiro atoms. The highest BCUT2D eigenvalue weighted by atomic mass is 35.5. The average molecular weight is 459 g/mol. The van der Waals surface area contributed by atoms with Gasteiger partial charge in [-0.15, -0.1) is 0 Å². The molecular weight excluding hydrogens is 422 g/mol. The Morgan fingerprint density at radius 1 is 0.862 bits per heavy atom. The third-order valence-electron chi connectivity index (χ3n) is 5.68. The van der Waals surface area contributed by atoms with Gasteiger partial charge in [-0.2, -0.15) is 0 Å². The smallest absolute Gasteiger partial charge is 0.184 e. The third kappa shape index (κ3) is 4.12. The van der Waals surface area contributed by atoms with Gasteiger partial charge in [0.2, 0.25) is 0 Å². The van der Waals surface area contributed by atoms with E-state index in [1.807, 2.05) is 46.2 Å². The highest BCUT2D eigenvalue weighted by molar-refractivity contribution is 7.64. The molecule has 0 saturated heterocycles. The van der Waals surface area contributed by atoms with E-state index in [1.165, 1.54) is 11.1 Å². The van der Waals surface area contributed by atoms with Crippen LogP contribution in [0.2, 0.25) is 0 Å². The monoisotopic (exact) mass is 458 g/mol. The number of hydrogen-bond acceptors (Lipinski definition) is 2. The fourth-order valence-electron chi connectivity index (χ4n) is 4.41. The van der Waals surface area contributed by atoms with Gasteiger partial charge in [0.25, 0.3) is 0 Å². The topological polar surface area (TPSA) is 23.6 Å². The Morgan fingerprint density at radius 3 is 1.62 bits per heavy atom. The van der Waals surface area contributed by atoms with Crippen molar-refractivity contribution in [2.24, 2.45) is 0 Å². The summed E-state index contributed by atoms with van der Waals surface area (Å²) in [5, 5.41) is -0.0582. The van der Waals surface area contributed by atoms with Crippen molar-refractivity contribution in [2.45, 2.75) is 91.4 Å². The van der Waals surface area contributed by atoms with E-state index in [9.17, 15) is 4.57 Å². The standard InChI is InChI=1S/C23H37Cl2N2OP/c1-15(2)17-12-11-13-18(16(3)4)19(17)26-14-27(21(25)20(26)24)29(28,22(5,6)7)23(8,9)10/h11-13,15-16H,14H2,1-10H3. The summed E-state index contributed by atoms with van der Waals surface area (Å²) in [6.45, 7) is 21.3. The third-order valence-corrected chi connectivity index (χ3v) is 11.3. The predicted molar refractivity (Wildman–Crippen MR) is 130 cm³/mol. The largest absolute Gasteiger partial charge is 0.310 e. The van der Waals surface area contributed by atoms with E-state index < -0.39 is 17.6 Å². The summed E-state index contributed by atoms with van der Waals surface area (Å²) in [4.78, 5) is 2.05. The van der Waals surface area contributed by atoms with Crippen LogP contribution in [0.25, 0.3) is 0 Å². The zero-order chi connectivity index (χ0) is 22.5. The molecule has 0 aliphatic carbocycles. The Hall–Kier alpha value is -0.630. The molecule has 0 saturated carbocycles. The van der Waals surface area contributed by atoms with Gasteiger partial charge in [-0.3, -0.25) is 9.24 Å². The fraction of sp³-hybridized carbons (Fsp3) is 0.652. The minimum atomic E-state index is -2.95. The van der Waals surface area contributed by atoms with Gasteiger partial charge in [0.05, 0.1) is 5.69 Å². The SMILES string of the molecule is CC(C)c1cccc(C(C)C)c1N1CN(P(=O)(C(C)(C)C)C(C)(C)C)C(Cl)=C1Cl. The number of anilines is 1. The maximum Gasteiger partial charge on any atom is 0.184 e. The minimum absolute atomic E-state index is 0.332. The van der Waals surface area contributed by atoms with Crippen molar-refractivity contribution < 1.29 is 4.57 Å². The van der Waals surface area contributed by atoms with E-state index in [1.54, 1.807) is 0 Å². The lowest BCUT2D eigenvalue weighted by Crippen LogP contribution is -2.39. The molecule has 1 heterocycles. The van der Waals surface area contributed by atoms with Gasteiger partial charge < -0.3 is 4.90 Å². The molecule has 0 aromatic heterocycles. The van der Waals surface area contributed by atoms with Crippen LogP contribution in [-0.4, -0.2) is 21.7 Å². The first-order valence-electron chi connectivity index (χ1n) is 10.4. The van der Waals surface area contributed by atoms with E-state index in [4.69, 9.17) is 23.2 Å². The van der Waals surface area contributed by atoms with E-state index in [0.717, 1.165) is 5.69 Å². The Morgan fingerprint density at radius 2 is 1.28 bits per heavy atom. The number of rotatable bonds is 4. The first-order chi connectivity index (χ1) is 13.1. The number of para-hydroxylation sites is 1. The number of halogens is 2. The molecule has 0 radical (unpaired) electrons. The summed E-state index contributed by atoms with van der Waals surface area (Å²) < 4.78 is 16.4. The molecule has 0 N–H and O–H groups in total. The molecule has 1 aliphatic heterocycles. The van der Waals surface area contributed by atoms with Crippen molar-refractivity contribution in [3.63, 3.8) is 0 Å². The number of nitrogens with zero attached hydrogens (tertiary/aromatic N) is 2. The summed E-state index contributed by atoms with van der Waals surface area (Å²) >= 11 is 13.6. The van der Waals surface area contributed by atoms with Gasteiger partial charge >= 0.3 is 0 Å². The van der Waals surface area contributed by atoms with Crippen molar-refractivity contribution in [1.82, 2.24) is 4.67 Å². The molecule has 6 heteroatoms. The Labute approximate surface area is 187 Å². The molecular formula is C23H37Cl2N2OP. The Kier molecular flexibility index (Phi) is 6.91. The Bertz CT molecular complexity index is 803. The molecule has 0 amide bonds. The van der Waals surface area contributed by atoms with Gasteiger partial charge in [0.1, 0.15) is 17.0 Å². The zero-order valence-corrected chi connectivity index (χ0v) is 22.0. The molecule has 29 heavy (non-hydrogen) atoms. The van der Waals surface area contributed by atoms with Crippen LogP contribution >= 0.6 is 30.5 Å². The van der Waals surface area contributed by atoms with Crippen molar-refractivity contribution in [2.75, 3.05) is 11.6 Å². The average Bonchev–Trinajstić information content (AvgIpc) is 2.86. The maximum absolute atomic E-state index is 14.6. The minimum Gasteiger partial charge on any atom is -0.310 e. The maximum atomic E-state index is 14.6. The summed E-state index contributed by atoms with van der Waals surface area (Å²) in [6.07, 6.45) is 0. The van der Waals surface area contributed by atoms with Crippen LogP contribution < -0.4 is 4.90 Å². The van der Waals surface area contributed by atoms with Crippen molar-refractivity contribution >= 4 is 36.2 Å². The number of benzene rings is 1. The summed E-state index contributed by atoms with van der Waals surface area (Å²) in [6, 6.07) is 6.41.